The van der Waals surface area contributed by atoms with Gasteiger partial charge in [-0.1, -0.05) is 18.2 Å². The normalized spacial score (nSPS) is 22.6. The number of anilines is 2. The molecule has 3 N–H and O–H groups in total. The van der Waals surface area contributed by atoms with E-state index in [-0.39, 0.29) is 18.0 Å². The number of benzene rings is 2. The van der Waals surface area contributed by atoms with Crippen molar-refractivity contribution in [3.05, 3.63) is 58.7 Å². The van der Waals surface area contributed by atoms with Gasteiger partial charge in [0.25, 0.3) is 0 Å². The second kappa shape index (κ2) is 6.10. The Labute approximate surface area is 149 Å². The van der Waals surface area contributed by atoms with Crippen LogP contribution in [0.3, 0.4) is 0 Å². The minimum absolute atomic E-state index is 0.137. The van der Waals surface area contributed by atoms with Crippen LogP contribution in [0.2, 0.25) is 0 Å². The zero-order valence-corrected chi connectivity index (χ0v) is 14.9. The molecule has 1 fully saturated rings. The molecule has 2 aliphatic rings. The quantitative estimate of drug-likeness (QED) is 0.812. The van der Waals surface area contributed by atoms with Crippen molar-refractivity contribution in [2.24, 2.45) is 0 Å². The van der Waals surface area contributed by atoms with E-state index in [4.69, 9.17) is 5.73 Å². The van der Waals surface area contributed by atoms with Gasteiger partial charge < -0.3 is 16.0 Å². The molecule has 1 saturated heterocycles. The summed E-state index contributed by atoms with van der Waals surface area (Å²) >= 11 is 0. The number of nitrogens with one attached hydrogen (secondary N) is 1. The van der Waals surface area contributed by atoms with E-state index in [2.05, 4.69) is 42.3 Å². The molecule has 2 aromatic rings. The molecule has 4 nitrogen and oxygen atoms in total. The predicted molar refractivity (Wildman–Crippen MR) is 101 cm³/mol. The van der Waals surface area contributed by atoms with E-state index in [1.165, 1.54) is 22.3 Å². The van der Waals surface area contributed by atoms with E-state index < -0.39 is 0 Å². The Hall–Kier alpha value is -2.49. The van der Waals surface area contributed by atoms with Gasteiger partial charge in [0.1, 0.15) is 0 Å². The minimum Gasteiger partial charge on any atom is -0.399 e. The molecule has 0 aromatic heterocycles. The molecule has 0 bridgehead atoms. The zero-order valence-electron chi connectivity index (χ0n) is 14.9. The first-order chi connectivity index (χ1) is 12.0. The van der Waals surface area contributed by atoms with Crippen LogP contribution >= 0.6 is 0 Å². The molecule has 0 saturated carbocycles. The van der Waals surface area contributed by atoms with E-state index in [1.807, 2.05) is 18.2 Å². The molecule has 2 heterocycles. The molecule has 130 valence electrons. The van der Waals surface area contributed by atoms with Gasteiger partial charge in [0, 0.05) is 29.9 Å². The van der Waals surface area contributed by atoms with Crippen LogP contribution in [-0.4, -0.2) is 17.4 Å². The highest BCUT2D eigenvalue weighted by Crippen LogP contribution is 2.45. The largest absolute Gasteiger partial charge is 0.399 e. The Kier molecular flexibility index (Phi) is 3.91. The lowest BCUT2D eigenvalue weighted by Crippen LogP contribution is -2.36. The smallest absolute Gasteiger partial charge is 0.223 e. The van der Waals surface area contributed by atoms with E-state index in [0.29, 0.717) is 6.42 Å². The number of hydrogen-bond donors (Lipinski definition) is 2. The highest BCUT2D eigenvalue weighted by molar-refractivity contribution is 5.79. The molecule has 2 aliphatic heterocycles. The Morgan fingerprint density at radius 3 is 2.76 bits per heavy atom. The Morgan fingerprint density at radius 2 is 2.04 bits per heavy atom. The standard InChI is InChI=1S/C21H25N3O/c1-13-9-14(2)21-18(10-13)23-17(15-5-3-6-16(22)11-15)12-19(21)24-8-4-7-20(24)25/h3,5-6,9-11,17,19,23H,4,7-8,12,22H2,1-2H3/t17-,19-/m0/s1. The molecule has 2 atom stereocenters. The number of amides is 1. The summed E-state index contributed by atoms with van der Waals surface area (Å²) < 4.78 is 0. The second-order valence-electron chi connectivity index (χ2n) is 7.35. The molecular weight excluding hydrogens is 310 g/mol. The molecule has 0 spiro atoms. The highest BCUT2D eigenvalue weighted by atomic mass is 16.2. The van der Waals surface area contributed by atoms with Gasteiger partial charge >= 0.3 is 0 Å². The summed E-state index contributed by atoms with van der Waals surface area (Å²) in [6, 6.07) is 12.8. The van der Waals surface area contributed by atoms with E-state index >= 15 is 0 Å². The van der Waals surface area contributed by atoms with Crippen molar-refractivity contribution in [1.82, 2.24) is 4.90 Å². The van der Waals surface area contributed by atoms with Crippen molar-refractivity contribution in [3.8, 4) is 0 Å². The summed E-state index contributed by atoms with van der Waals surface area (Å²) in [4.78, 5) is 14.5. The average Bonchev–Trinajstić information content (AvgIpc) is 2.99. The van der Waals surface area contributed by atoms with Crippen LogP contribution < -0.4 is 11.1 Å². The van der Waals surface area contributed by atoms with Crippen LogP contribution in [0.5, 0.6) is 0 Å². The molecule has 4 heteroatoms. The first-order valence-corrected chi connectivity index (χ1v) is 9.05. The number of carbonyl (C=O) groups excluding carboxylic acids is 1. The van der Waals surface area contributed by atoms with Gasteiger partial charge in [0.2, 0.25) is 5.91 Å². The van der Waals surface area contributed by atoms with Crippen molar-refractivity contribution >= 4 is 17.3 Å². The fraction of sp³-hybridized carbons (Fsp3) is 0.381. The molecule has 25 heavy (non-hydrogen) atoms. The van der Waals surface area contributed by atoms with Gasteiger partial charge in [-0.3, -0.25) is 4.79 Å². The van der Waals surface area contributed by atoms with Crippen molar-refractivity contribution < 1.29 is 4.79 Å². The van der Waals surface area contributed by atoms with Gasteiger partial charge in [0.05, 0.1) is 12.1 Å². The van der Waals surface area contributed by atoms with Crippen LogP contribution in [0.4, 0.5) is 11.4 Å². The van der Waals surface area contributed by atoms with Gasteiger partial charge in [-0.05, 0) is 61.6 Å². The van der Waals surface area contributed by atoms with E-state index in [0.717, 1.165) is 30.8 Å². The third-order valence-electron chi connectivity index (χ3n) is 5.45. The van der Waals surface area contributed by atoms with Gasteiger partial charge in [0.15, 0.2) is 0 Å². The van der Waals surface area contributed by atoms with Crippen LogP contribution in [-0.2, 0) is 4.79 Å². The number of nitrogen functional groups attached to an aromatic ring is 1. The summed E-state index contributed by atoms with van der Waals surface area (Å²) in [5.74, 6) is 0.282. The third-order valence-corrected chi connectivity index (χ3v) is 5.45. The molecule has 1 amide bonds. The maximum Gasteiger partial charge on any atom is 0.223 e. The lowest BCUT2D eigenvalue weighted by atomic mass is 9.85. The number of rotatable bonds is 2. The maximum atomic E-state index is 12.4. The number of nitrogens with zero attached hydrogens (tertiary/aromatic N) is 1. The fourth-order valence-electron chi connectivity index (χ4n) is 4.41. The summed E-state index contributed by atoms with van der Waals surface area (Å²) in [6.45, 7) is 5.14. The molecule has 0 unspecified atom stereocenters. The lowest BCUT2D eigenvalue weighted by molar-refractivity contribution is -0.130. The number of fused-ring (bicyclic) bond motifs is 1. The number of likely N-dealkylation sites (tertiary alicyclic amines) is 1. The van der Waals surface area contributed by atoms with Crippen molar-refractivity contribution in [1.29, 1.82) is 0 Å². The van der Waals surface area contributed by atoms with Crippen molar-refractivity contribution in [2.75, 3.05) is 17.6 Å². The average molecular weight is 335 g/mol. The Balaban J connectivity index is 1.79. The lowest BCUT2D eigenvalue weighted by Gasteiger charge is -2.39. The number of hydrogen-bond acceptors (Lipinski definition) is 3. The highest BCUT2D eigenvalue weighted by Gasteiger charge is 2.36. The summed E-state index contributed by atoms with van der Waals surface area (Å²) in [5, 5.41) is 3.70. The Morgan fingerprint density at radius 1 is 1.20 bits per heavy atom. The molecule has 4 rings (SSSR count). The topological polar surface area (TPSA) is 58.4 Å². The molecule has 2 aromatic carbocycles. The van der Waals surface area contributed by atoms with Crippen LogP contribution in [0.25, 0.3) is 0 Å². The summed E-state index contributed by atoms with van der Waals surface area (Å²) in [6.07, 6.45) is 2.52. The van der Waals surface area contributed by atoms with Crippen LogP contribution in [0, 0.1) is 13.8 Å². The maximum absolute atomic E-state index is 12.4. The second-order valence-corrected chi connectivity index (χ2v) is 7.35. The molecule has 0 radical (unpaired) electrons. The van der Waals surface area contributed by atoms with E-state index in [9.17, 15) is 4.79 Å². The zero-order chi connectivity index (χ0) is 17.6. The first kappa shape index (κ1) is 16.0. The van der Waals surface area contributed by atoms with Crippen molar-refractivity contribution in [3.63, 3.8) is 0 Å². The van der Waals surface area contributed by atoms with Crippen LogP contribution in [0.15, 0.2) is 36.4 Å². The first-order valence-electron chi connectivity index (χ1n) is 9.05. The Bertz CT molecular complexity index is 830. The predicted octanol–water partition coefficient (Wildman–Crippen LogP) is 4.11. The van der Waals surface area contributed by atoms with Gasteiger partial charge in [-0.2, -0.15) is 0 Å². The number of nitrogens with two attached hydrogens (primary N) is 1. The van der Waals surface area contributed by atoms with Gasteiger partial charge in [-0.25, -0.2) is 0 Å². The SMILES string of the molecule is Cc1cc(C)c2c(c1)N[C@H](c1cccc(N)c1)C[C@@H]2N1CCCC1=O. The van der Waals surface area contributed by atoms with Crippen LogP contribution in [0.1, 0.15) is 53.6 Å². The molecular formula is C21H25N3O. The van der Waals surface area contributed by atoms with Gasteiger partial charge in [-0.15, -0.1) is 0 Å². The fourth-order valence-corrected chi connectivity index (χ4v) is 4.41. The van der Waals surface area contributed by atoms with Crippen molar-refractivity contribution in [2.45, 2.75) is 45.2 Å². The summed E-state index contributed by atoms with van der Waals surface area (Å²) in [5.41, 5.74) is 12.9. The van der Waals surface area contributed by atoms with E-state index in [1.54, 1.807) is 0 Å². The number of carbonyl (C=O) groups is 1. The number of aryl methyl sites for hydroxylation is 2. The third kappa shape index (κ3) is 2.86. The minimum atomic E-state index is 0.137. The monoisotopic (exact) mass is 335 g/mol. The molecule has 0 aliphatic carbocycles. The summed E-state index contributed by atoms with van der Waals surface area (Å²) in [7, 11) is 0.